The largest absolute Gasteiger partial charge is 0.482 e. The molecule has 7 heteroatoms. The second kappa shape index (κ2) is 8.33. The van der Waals surface area contributed by atoms with Gasteiger partial charge in [0.15, 0.2) is 6.61 Å². The zero-order valence-electron chi connectivity index (χ0n) is 14.1. The number of nitrogens with zero attached hydrogens (tertiary/aromatic N) is 1. The molecule has 0 aromatic heterocycles. The van der Waals surface area contributed by atoms with Gasteiger partial charge in [-0.15, -0.1) is 0 Å². The van der Waals surface area contributed by atoms with Crippen molar-refractivity contribution in [2.45, 2.75) is 33.1 Å². The average molecular weight is 333 g/mol. The normalized spacial score (nSPS) is 13.1. The highest BCUT2D eigenvalue weighted by Gasteiger charge is 2.27. The lowest BCUT2D eigenvalue weighted by Gasteiger charge is -2.29. The number of ether oxygens (including phenoxy) is 1. The third-order valence-corrected chi connectivity index (χ3v) is 3.54. The van der Waals surface area contributed by atoms with Gasteiger partial charge in [0.05, 0.1) is 5.69 Å². The average Bonchev–Trinajstić information content (AvgIpc) is 2.56. The summed E-state index contributed by atoms with van der Waals surface area (Å²) in [7, 11) is 0. The Hall–Kier alpha value is -2.57. The topological polar surface area (TPSA) is 87.7 Å². The smallest absolute Gasteiger partial charge is 0.265 e. The number of hydrogen-bond donors (Lipinski definition) is 2. The fraction of sp³-hybridized carbons (Fsp3) is 0.471. The summed E-state index contributed by atoms with van der Waals surface area (Å²) in [5, 5.41) is 5.53. The molecular weight excluding hydrogens is 310 g/mol. The van der Waals surface area contributed by atoms with Crippen LogP contribution in [0.5, 0.6) is 5.75 Å². The molecule has 0 saturated heterocycles. The Labute approximate surface area is 141 Å². The van der Waals surface area contributed by atoms with E-state index in [1.807, 2.05) is 13.8 Å². The predicted molar refractivity (Wildman–Crippen MR) is 91.1 cm³/mol. The molecule has 1 aromatic rings. The molecule has 0 bridgehead atoms. The molecule has 0 spiro atoms. The number of hydrogen-bond acceptors (Lipinski definition) is 4. The van der Waals surface area contributed by atoms with Gasteiger partial charge in [-0.05, 0) is 31.0 Å². The van der Waals surface area contributed by atoms with Gasteiger partial charge in [0.2, 0.25) is 11.8 Å². The number of fused-ring (bicyclic) bond motifs is 1. The van der Waals surface area contributed by atoms with Crippen LogP contribution in [0, 0.1) is 0 Å². The van der Waals surface area contributed by atoms with Crippen LogP contribution < -0.4 is 20.3 Å². The number of carbonyl (C=O) groups excluding carboxylic acids is 3. The fourth-order valence-electron chi connectivity index (χ4n) is 2.37. The summed E-state index contributed by atoms with van der Waals surface area (Å²) in [5.74, 6) is -0.0798. The van der Waals surface area contributed by atoms with Gasteiger partial charge in [0.1, 0.15) is 12.3 Å². The van der Waals surface area contributed by atoms with Gasteiger partial charge in [-0.1, -0.05) is 13.8 Å². The zero-order chi connectivity index (χ0) is 17.5. The molecule has 7 nitrogen and oxygen atoms in total. The molecule has 130 valence electrons. The van der Waals surface area contributed by atoms with E-state index >= 15 is 0 Å². The van der Waals surface area contributed by atoms with Gasteiger partial charge in [0.25, 0.3) is 5.91 Å². The van der Waals surface area contributed by atoms with E-state index in [9.17, 15) is 14.4 Å². The summed E-state index contributed by atoms with van der Waals surface area (Å²) in [5.41, 5.74) is 1.07. The van der Waals surface area contributed by atoms with Crippen molar-refractivity contribution in [2.24, 2.45) is 0 Å². The first-order valence-corrected chi connectivity index (χ1v) is 8.19. The number of anilines is 2. The van der Waals surface area contributed by atoms with Crippen LogP contribution in [0.1, 0.15) is 33.1 Å². The van der Waals surface area contributed by atoms with Crippen molar-refractivity contribution in [3.05, 3.63) is 18.2 Å². The van der Waals surface area contributed by atoms with Crippen molar-refractivity contribution < 1.29 is 19.1 Å². The van der Waals surface area contributed by atoms with E-state index in [-0.39, 0.29) is 30.9 Å². The Balaban J connectivity index is 2.18. The van der Waals surface area contributed by atoms with E-state index in [1.54, 1.807) is 18.2 Å². The van der Waals surface area contributed by atoms with Gasteiger partial charge in [-0.25, -0.2) is 0 Å². The van der Waals surface area contributed by atoms with E-state index in [1.165, 1.54) is 4.90 Å². The van der Waals surface area contributed by atoms with Crippen LogP contribution in [-0.2, 0) is 14.4 Å². The minimum atomic E-state index is -0.286. The minimum Gasteiger partial charge on any atom is -0.482 e. The van der Waals surface area contributed by atoms with Gasteiger partial charge in [-0.3, -0.25) is 19.3 Å². The maximum atomic E-state index is 12.1. The number of rotatable bonds is 7. The lowest BCUT2D eigenvalue weighted by atomic mass is 10.2. The maximum Gasteiger partial charge on any atom is 0.265 e. The standard InChI is InChI=1S/C17H23N3O4/c1-3-5-15(21)19-12-6-7-14-13(9-12)20(17(23)11-24-14)10-16(22)18-8-4-2/h6-7,9H,3-5,8,10-11H2,1-2H3,(H,18,22)(H,19,21). The van der Waals surface area contributed by atoms with E-state index in [2.05, 4.69) is 10.6 Å². The van der Waals surface area contributed by atoms with E-state index in [0.717, 1.165) is 12.8 Å². The summed E-state index contributed by atoms with van der Waals surface area (Å²) in [6.07, 6.45) is 2.00. The summed E-state index contributed by atoms with van der Waals surface area (Å²) in [4.78, 5) is 37.2. The Kier molecular flexibility index (Phi) is 6.17. The van der Waals surface area contributed by atoms with Crippen molar-refractivity contribution in [3.8, 4) is 5.75 Å². The van der Waals surface area contributed by atoms with Crippen LogP contribution in [0.25, 0.3) is 0 Å². The molecule has 0 unspecified atom stereocenters. The van der Waals surface area contributed by atoms with E-state index < -0.39 is 0 Å². The van der Waals surface area contributed by atoms with Crippen LogP contribution in [0.2, 0.25) is 0 Å². The predicted octanol–water partition coefficient (Wildman–Crippen LogP) is 1.68. The van der Waals surface area contributed by atoms with Gasteiger partial charge in [0, 0.05) is 18.7 Å². The first-order valence-electron chi connectivity index (χ1n) is 8.19. The molecule has 24 heavy (non-hydrogen) atoms. The first-order chi connectivity index (χ1) is 11.5. The van der Waals surface area contributed by atoms with Crippen molar-refractivity contribution >= 4 is 29.1 Å². The summed E-state index contributed by atoms with van der Waals surface area (Å²) >= 11 is 0. The van der Waals surface area contributed by atoms with Crippen LogP contribution in [0.3, 0.4) is 0 Å². The van der Waals surface area contributed by atoms with Gasteiger partial charge >= 0.3 is 0 Å². The monoisotopic (exact) mass is 333 g/mol. The Morgan fingerprint density at radius 3 is 2.71 bits per heavy atom. The summed E-state index contributed by atoms with van der Waals surface area (Å²) in [6.45, 7) is 4.28. The van der Waals surface area contributed by atoms with Crippen LogP contribution in [-0.4, -0.2) is 37.4 Å². The van der Waals surface area contributed by atoms with Crippen LogP contribution in [0.15, 0.2) is 18.2 Å². The van der Waals surface area contributed by atoms with Crippen LogP contribution in [0.4, 0.5) is 11.4 Å². The molecule has 3 amide bonds. The second-order valence-corrected chi connectivity index (χ2v) is 5.60. The molecule has 0 saturated carbocycles. The molecule has 0 radical (unpaired) electrons. The first kappa shape index (κ1) is 17.8. The molecule has 0 fully saturated rings. The highest BCUT2D eigenvalue weighted by Crippen LogP contribution is 2.34. The van der Waals surface area contributed by atoms with Crippen LogP contribution >= 0.6 is 0 Å². The SMILES string of the molecule is CCCNC(=O)CN1C(=O)COc2ccc(NC(=O)CCC)cc21. The molecule has 1 aromatic carbocycles. The summed E-state index contributed by atoms with van der Waals surface area (Å²) < 4.78 is 5.40. The van der Waals surface area contributed by atoms with E-state index in [4.69, 9.17) is 4.74 Å². The number of amides is 3. The Bertz CT molecular complexity index is 630. The number of nitrogens with one attached hydrogen (secondary N) is 2. The third kappa shape index (κ3) is 4.47. The molecule has 1 heterocycles. The fourth-order valence-corrected chi connectivity index (χ4v) is 2.37. The molecule has 2 N–H and O–H groups in total. The number of benzene rings is 1. The highest BCUT2D eigenvalue weighted by atomic mass is 16.5. The highest BCUT2D eigenvalue weighted by molar-refractivity contribution is 6.03. The molecule has 0 atom stereocenters. The van der Waals surface area contributed by atoms with Crippen molar-refractivity contribution in [1.29, 1.82) is 0 Å². The van der Waals surface area contributed by atoms with Crippen molar-refractivity contribution in [3.63, 3.8) is 0 Å². The molecule has 2 rings (SSSR count). The Morgan fingerprint density at radius 1 is 1.21 bits per heavy atom. The van der Waals surface area contributed by atoms with Crippen molar-refractivity contribution in [2.75, 3.05) is 29.9 Å². The van der Waals surface area contributed by atoms with Gasteiger partial charge in [-0.2, -0.15) is 0 Å². The molecule has 0 aliphatic carbocycles. The third-order valence-electron chi connectivity index (χ3n) is 3.54. The quantitative estimate of drug-likeness (QED) is 0.795. The zero-order valence-corrected chi connectivity index (χ0v) is 14.1. The lowest BCUT2D eigenvalue weighted by molar-refractivity contribution is -0.125. The second-order valence-electron chi connectivity index (χ2n) is 5.60. The molecular formula is C17H23N3O4. The maximum absolute atomic E-state index is 12.1. The molecule has 1 aliphatic heterocycles. The molecule has 1 aliphatic rings. The van der Waals surface area contributed by atoms with Gasteiger partial charge < -0.3 is 15.4 Å². The van der Waals surface area contributed by atoms with E-state index in [0.29, 0.717) is 30.1 Å². The lowest BCUT2D eigenvalue weighted by Crippen LogP contribution is -2.45. The summed E-state index contributed by atoms with van der Waals surface area (Å²) in [6, 6.07) is 5.07. The number of carbonyl (C=O) groups is 3. The Morgan fingerprint density at radius 2 is 2.00 bits per heavy atom. The minimum absolute atomic E-state index is 0.0679. The van der Waals surface area contributed by atoms with Crippen molar-refractivity contribution in [1.82, 2.24) is 5.32 Å².